The molecular formula is C27H42O. The van der Waals surface area contributed by atoms with E-state index in [-0.39, 0.29) is 0 Å². The summed E-state index contributed by atoms with van der Waals surface area (Å²) in [5, 5.41) is 0. The van der Waals surface area contributed by atoms with Crippen LogP contribution < -0.4 is 0 Å². The zero-order chi connectivity index (χ0) is 19.6. The molecule has 0 radical (unpaired) electrons. The maximum atomic E-state index is 5.81. The number of ether oxygens (including phenoxy) is 1. The smallest absolute Gasteiger partial charge is 0.0716 e. The Hall–Kier alpha value is -1.08. The van der Waals surface area contributed by atoms with Crippen LogP contribution in [0.3, 0.4) is 0 Å². The molecule has 0 heterocycles. The van der Waals surface area contributed by atoms with Crippen LogP contribution in [0.15, 0.2) is 36.4 Å². The molecule has 2 saturated carbocycles. The van der Waals surface area contributed by atoms with Crippen LogP contribution in [0.1, 0.15) is 102 Å². The monoisotopic (exact) mass is 382 g/mol. The van der Waals surface area contributed by atoms with Crippen LogP contribution in [0.2, 0.25) is 0 Å². The molecule has 0 bridgehead atoms. The summed E-state index contributed by atoms with van der Waals surface area (Å²) in [7, 11) is 0. The Morgan fingerprint density at radius 1 is 0.857 bits per heavy atom. The van der Waals surface area contributed by atoms with Crippen LogP contribution in [0.25, 0.3) is 0 Å². The number of allylic oxidation sites excluding steroid dienone is 2. The summed E-state index contributed by atoms with van der Waals surface area (Å²) in [5.41, 5.74) is 2.89. The van der Waals surface area contributed by atoms with Crippen LogP contribution >= 0.6 is 0 Å². The third kappa shape index (κ3) is 6.48. The highest BCUT2D eigenvalue weighted by Gasteiger charge is 2.30. The summed E-state index contributed by atoms with van der Waals surface area (Å²) in [5.74, 6) is 3.66. The van der Waals surface area contributed by atoms with E-state index in [9.17, 15) is 0 Å². The summed E-state index contributed by atoms with van der Waals surface area (Å²) in [6.45, 7) is 6.07. The topological polar surface area (TPSA) is 9.23 Å². The minimum atomic E-state index is 0.770. The number of rotatable bonds is 9. The van der Waals surface area contributed by atoms with Crippen molar-refractivity contribution in [3.63, 3.8) is 0 Å². The average molecular weight is 383 g/mol. The second-order valence-corrected chi connectivity index (χ2v) is 9.31. The fourth-order valence-corrected chi connectivity index (χ4v) is 5.54. The van der Waals surface area contributed by atoms with Gasteiger partial charge in [-0.2, -0.15) is 0 Å². The van der Waals surface area contributed by atoms with Gasteiger partial charge in [0.25, 0.3) is 0 Å². The first-order valence-corrected chi connectivity index (χ1v) is 12.1. The fraction of sp³-hybridized carbons (Fsp3) is 0.704. The van der Waals surface area contributed by atoms with Gasteiger partial charge in [-0.15, -0.1) is 0 Å². The summed E-state index contributed by atoms with van der Waals surface area (Å²) in [6.07, 6.45) is 19.9. The molecule has 3 rings (SSSR count). The average Bonchev–Trinajstić information content (AvgIpc) is 2.75. The van der Waals surface area contributed by atoms with Gasteiger partial charge in [0.05, 0.1) is 6.61 Å². The molecule has 0 amide bonds. The number of hydrogen-bond donors (Lipinski definition) is 0. The Bertz CT molecular complexity index is 556. The summed E-state index contributed by atoms with van der Waals surface area (Å²) in [6, 6.07) is 9.34. The summed E-state index contributed by atoms with van der Waals surface area (Å²) in [4.78, 5) is 0. The van der Waals surface area contributed by atoms with E-state index in [2.05, 4.69) is 50.3 Å². The Kier molecular flexibility index (Phi) is 9.12. The number of unbranched alkanes of at least 4 members (excludes halogenated alkanes) is 2. The van der Waals surface area contributed by atoms with Crippen molar-refractivity contribution in [1.29, 1.82) is 0 Å². The van der Waals surface area contributed by atoms with Crippen LogP contribution in [0, 0.1) is 17.8 Å². The molecule has 2 fully saturated rings. The number of benzene rings is 1. The van der Waals surface area contributed by atoms with E-state index in [1.807, 2.05) is 0 Å². The molecule has 0 aromatic heterocycles. The summed E-state index contributed by atoms with van der Waals surface area (Å²) >= 11 is 0. The van der Waals surface area contributed by atoms with Gasteiger partial charge in [0.2, 0.25) is 0 Å². The standard InChI is InChI=1S/C27H42O/c1-3-5-6-20-28-21-23-10-14-25(15-11-23)27-18-16-26(17-19-27)24-12-8-22(7-4-2)9-13-24/h4,7,10-11,14-15,22,24,26-27H,3,5-6,8-9,12-13,16-21H2,1-2H3/b7-4-. The quantitative estimate of drug-likeness (QED) is 0.310. The molecular weight excluding hydrogens is 340 g/mol. The van der Waals surface area contributed by atoms with E-state index in [4.69, 9.17) is 4.74 Å². The van der Waals surface area contributed by atoms with Gasteiger partial charge < -0.3 is 4.74 Å². The first-order chi connectivity index (χ1) is 13.8. The molecule has 0 saturated heterocycles. The van der Waals surface area contributed by atoms with Crippen LogP contribution in [-0.2, 0) is 11.3 Å². The molecule has 0 aliphatic heterocycles. The van der Waals surface area contributed by atoms with Crippen molar-refractivity contribution in [2.24, 2.45) is 17.8 Å². The number of hydrogen-bond acceptors (Lipinski definition) is 1. The maximum Gasteiger partial charge on any atom is 0.0716 e. The molecule has 28 heavy (non-hydrogen) atoms. The molecule has 0 spiro atoms. The molecule has 2 aliphatic carbocycles. The van der Waals surface area contributed by atoms with Gasteiger partial charge in [0, 0.05) is 6.61 Å². The van der Waals surface area contributed by atoms with Gasteiger partial charge >= 0.3 is 0 Å². The van der Waals surface area contributed by atoms with Crippen molar-refractivity contribution in [2.45, 2.75) is 97.0 Å². The zero-order valence-corrected chi connectivity index (χ0v) is 18.4. The lowest BCUT2D eigenvalue weighted by atomic mass is 9.68. The Morgan fingerprint density at radius 2 is 1.50 bits per heavy atom. The Morgan fingerprint density at radius 3 is 2.11 bits per heavy atom. The minimum absolute atomic E-state index is 0.770. The van der Waals surface area contributed by atoms with E-state index in [1.54, 1.807) is 5.56 Å². The molecule has 0 N–H and O–H groups in total. The van der Waals surface area contributed by atoms with Crippen LogP contribution in [0.4, 0.5) is 0 Å². The van der Waals surface area contributed by atoms with Gasteiger partial charge in [0.1, 0.15) is 0 Å². The highest BCUT2D eigenvalue weighted by atomic mass is 16.5. The van der Waals surface area contributed by atoms with Gasteiger partial charge in [0.15, 0.2) is 0 Å². The predicted molar refractivity (Wildman–Crippen MR) is 121 cm³/mol. The van der Waals surface area contributed by atoms with Gasteiger partial charge in [-0.3, -0.25) is 0 Å². The van der Waals surface area contributed by atoms with Crippen LogP contribution in [0.5, 0.6) is 0 Å². The largest absolute Gasteiger partial charge is 0.377 e. The predicted octanol–water partition coefficient (Wildman–Crippen LogP) is 8.05. The first-order valence-electron chi connectivity index (χ1n) is 12.1. The van der Waals surface area contributed by atoms with Crippen molar-refractivity contribution in [1.82, 2.24) is 0 Å². The SMILES string of the molecule is C/C=C\C1CCC(C2CCC(c3ccc(COCCCCC)cc3)CC2)CC1. The Labute approximate surface area is 174 Å². The molecule has 0 unspecified atom stereocenters. The van der Waals surface area contributed by atoms with E-state index >= 15 is 0 Å². The van der Waals surface area contributed by atoms with E-state index in [0.29, 0.717) is 0 Å². The van der Waals surface area contributed by atoms with Gasteiger partial charge in [-0.1, -0.05) is 56.2 Å². The second kappa shape index (κ2) is 11.8. The van der Waals surface area contributed by atoms with Crippen molar-refractivity contribution in [2.75, 3.05) is 6.61 Å². The zero-order valence-electron chi connectivity index (χ0n) is 18.4. The maximum absolute atomic E-state index is 5.81. The van der Waals surface area contributed by atoms with Crippen LogP contribution in [-0.4, -0.2) is 6.61 Å². The molecule has 1 aromatic carbocycles. The summed E-state index contributed by atoms with van der Waals surface area (Å²) < 4.78 is 5.81. The lowest BCUT2D eigenvalue weighted by Gasteiger charge is -2.37. The molecule has 1 aromatic rings. The van der Waals surface area contributed by atoms with Crippen molar-refractivity contribution in [3.8, 4) is 0 Å². The second-order valence-electron chi connectivity index (χ2n) is 9.31. The molecule has 156 valence electrons. The van der Waals surface area contributed by atoms with Gasteiger partial charge in [-0.25, -0.2) is 0 Å². The third-order valence-corrected chi connectivity index (χ3v) is 7.33. The van der Waals surface area contributed by atoms with E-state index in [1.165, 1.54) is 76.2 Å². The fourth-order valence-electron chi connectivity index (χ4n) is 5.54. The Balaban J connectivity index is 1.39. The van der Waals surface area contributed by atoms with Crippen molar-refractivity contribution < 1.29 is 4.74 Å². The minimum Gasteiger partial charge on any atom is -0.377 e. The normalized spacial score (nSPS) is 28.6. The van der Waals surface area contributed by atoms with Gasteiger partial charge in [-0.05, 0) is 99.5 Å². The van der Waals surface area contributed by atoms with E-state index < -0.39 is 0 Å². The highest BCUT2D eigenvalue weighted by Crippen LogP contribution is 2.44. The molecule has 1 nitrogen and oxygen atoms in total. The van der Waals surface area contributed by atoms with Crippen molar-refractivity contribution in [3.05, 3.63) is 47.5 Å². The molecule has 0 atom stereocenters. The first kappa shape index (κ1) is 21.6. The molecule has 1 heteroatoms. The third-order valence-electron chi connectivity index (χ3n) is 7.33. The molecule has 2 aliphatic rings. The lowest BCUT2D eigenvalue weighted by molar-refractivity contribution is 0.117. The van der Waals surface area contributed by atoms with Crippen molar-refractivity contribution >= 4 is 0 Å². The highest BCUT2D eigenvalue weighted by molar-refractivity contribution is 5.25. The van der Waals surface area contributed by atoms with E-state index in [0.717, 1.165) is 36.9 Å². The lowest BCUT2D eigenvalue weighted by Crippen LogP contribution is -2.25.